The van der Waals surface area contributed by atoms with Crippen LogP contribution in [0, 0.1) is 11.8 Å². The fraction of sp³-hybridized carbons (Fsp3) is 0.227. The van der Waals surface area contributed by atoms with Gasteiger partial charge < -0.3 is 20.1 Å². The highest BCUT2D eigenvalue weighted by Crippen LogP contribution is 2.40. The number of fused-ring (bicyclic) bond motifs is 2. The summed E-state index contributed by atoms with van der Waals surface area (Å²) in [5.74, 6) is 0.522. The number of rotatable bonds is 5. The van der Waals surface area contributed by atoms with Crippen molar-refractivity contribution in [2.45, 2.75) is 13.0 Å². The summed E-state index contributed by atoms with van der Waals surface area (Å²) in [5, 5.41) is 6.78. The summed E-state index contributed by atoms with van der Waals surface area (Å²) in [7, 11) is 0. The molecule has 1 fully saturated rings. The molecular formula is C22H19N3O4. The molecule has 1 aliphatic carbocycles. The van der Waals surface area contributed by atoms with E-state index in [1.165, 1.54) is 0 Å². The van der Waals surface area contributed by atoms with Crippen molar-refractivity contribution in [3.8, 4) is 11.5 Å². The van der Waals surface area contributed by atoms with Gasteiger partial charge in [0.25, 0.3) is 0 Å². The van der Waals surface area contributed by atoms with Crippen LogP contribution in [0.4, 0.5) is 5.69 Å². The predicted octanol–water partition coefficient (Wildman–Crippen LogP) is 2.85. The van der Waals surface area contributed by atoms with Crippen molar-refractivity contribution in [2.24, 2.45) is 11.8 Å². The Morgan fingerprint density at radius 2 is 1.83 bits per heavy atom. The van der Waals surface area contributed by atoms with Gasteiger partial charge in [0.1, 0.15) is 0 Å². The Bertz CT molecular complexity index is 1110. The van der Waals surface area contributed by atoms with Crippen LogP contribution in [0.25, 0.3) is 10.9 Å². The van der Waals surface area contributed by atoms with E-state index in [0.717, 1.165) is 16.5 Å². The second-order valence-electron chi connectivity index (χ2n) is 7.22. The van der Waals surface area contributed by atoms with Gasteiger partial charge in [-0.15, -0.1) is 0 Å². The van der Waals surface area contributed by atoms with Crippen LogP contribution in [0.1, 0.15) is 12.0 Å². The zero-order chi connectivity index (χ0) is 19.8. The fourth-order valence-electron chi connectivity index (χ4n) is 3.58. The molecule has 1 aromatic heterocycles. The average Bonchev–Trinajstić information content (AvgIpc) is 3.42. The standard InChI is InChI=1S/C22H19N3O4/c26-21(24-11-13-6-7-18-19(9-13)29-12-28-18)15-10-16(15)22(27)25-17-5-1-3-14-4-2-8-23-20(14)17/h1-9,15-16H,10-12H2,(H,24,26)(H,25,27). The molecule has 29 heavy (non-hydrogen) atoms. The van der Waals surface area contributed by atoms with Crippen LogP contribution in [0.2, 0.25) is 0 Å². The number of nitrogens with zero attached hydrogens (tertiary/aromatic N) is 1. The van der Waals surface area contributed by atoms with E-state index in [2.05, 4.69) is 15.6 Å². The van der Waals surface area contributed by atoms with Gasteiger partial charge in [-0.3, -0.25) is 14.6 Å². The predicted molar refractivity (Wildman–Crippen MR) is 106 cm³/mol. The minimum Gasteiger partial charge on any atom is -0.454 e. The first-order valence-corrected chi connectivity index (χ1v) is 9.50. The summed E-state index contributed by atoms with van der Waals surface area (Å²) in [6.45, 7) is 0.601. The van der Waals surface area contributed by atoms with E-state index in [4.69, 9.17) is 9.47 Å². The zero-order valence-corrected chi connectivity index (χ0v) is 15.6. The molecular weight excluding hydrogens is 370 g/mol. The number of pyridine rings is 1. The molecule has 7 heteroatoms. The number of hydrogen-bond acceptors (Lipinski definition) is 5. The van der Waals surface area contributed by atoms with E-state index in [0.29, 0.717) is 30.2 Å². The van der Waals surface area contributed by atoms with Crippen LogP contribution in [-0.4, -0.2) is 23.6 Å². The first kappa shape index (κ1) is 17.5. The lowest BCUT2D eigenvalue weighted by atomic mass is 10.2. The maximum absolute atomic E-state index is 12.6. The van der Waals surface area contributed by atoms with Gasteiger partial charge in [-0.05, 0) is 36.2 Å². The van der Waals surface area contributed by atoms with Gasteiger partial charge in [-0.1, -0.05) is 24.3 Å². The molecule has 1 aliphatic heterocycles. The number of benzene rings is 2. The fourth-order valence-corrected chi connectivity index (χ4v) is 3.58. The summed E-state index contributed by atoms with van der Waals surface area (Å²) in [6, 6.07) is 15.0. The molecule has 2 amide bonds. The van der Waals surface area contributed by atoms with Crippen molar-refractivity contribution in [1.29, 1.82) is 0 Å². The Morgan fingerprint density at radius 1 is 1.00 bits per heavy atom. The van der Waals surface area contributed by atoms with Crippen molar-refractivity contribution in [3.63, 3.8) is 0 Å². The lowest BCUT2D eigenvalue weighted by molar-refractivity contribution is -0.125. The Labute approximate surface area is 167 Å². The number of hydrogen-bond donors (Lipinski definition) is 2. The van der Waals surface area contributed by atoms with E-state index in [-0.39, 0.29) is 30.4 Å². The summed E-state index contributed by atoms with van der Waals surface area (Å²) in [5.41, 5.74) is 2.33. The quantitative estimate of drug-likeness (QED) is 0.700. The van der Waals surface area contributed by atoms with Gasteiger partial charge in [0.05, 0.1) is 23.0 Å². The zero-order valence-electron chi connectivity index (χ0n) is 15.6. The van der Waals surface area contributed by atoms with E-state index < -0.39 is 0 Å². The normalized spacial score (nSPS) is 19.0. The Balaban J connectivity index is 1.18. The van der Waals surface area contributed by atoms with Crippen molar-refractivity contribution in [3.05, 3.63) is 60.3 Å². The summed E-state index contributed by atoms with van der Waals surface area (Å²) >= 11 is 0. The van der Waals surface area contributed by atoms with Gasteiger partial charge in [0.2, 0.25) is 18.6 Å². The summed E-state index contributed by atoms with van der Waals surface area (Å²) in [6.07, 6.45) is 2.25. The van der Waals surface area contributed by atoms with Crippen LogP contribution in [-0.2, 0) is 16.1 Å². The number of nitrogens with one attached hydrogen (secondary N) is 2. The lowest BCUT2D eigenvalue weighted by Crippen LogP contribution is -2.27. The highest BCUT2D eigenvalue weighted by Gasteiger charge is 2.48. The molecule has 2 heterocycles. The first-order chi connectivity index (χ1) is 14.2. The molecule has 3 aromatic rings. The molecule has 0 spiro atoms. The van der Waals surface area contributed by atoms with Crippen molar-refractivity contribution in [1.82, 2.24) is 10.3 Å². The Morgan fingerprint density at radius 3 is 2.76 bits per heavy atom. The van der Waals surface area contributed by atoms with Crippen LogP contribution < -0.4 is 20.1 Å². The molecule has 0 saturated heterocycles. The van der Waals surface area contributed by atoms with E-state index in [9.17, 15) is 9.59 Å². The molecule has 2 aromatic carbocycles. The molecule has 5 rings (SSSR count). The van der Waals surface area contributed by atoms with Gasteiger partial charge in [0, 0.05) is 18.1 Å². The van der Waals surface area contributed by atoms with E-state index in [1.54, 1.807) is 6.20 Å². The van der Waals surface area contributed by atoms with Gasteiger partial charge >= 0.3 is 0 Å². The van der Waals surface area contributed by atoms with Crippen LogP contribution in [0.5, 0.6) is 11.5 Å². The molecule has 2 unspecified atom stereocenters. The van der Waals surface area contributed by atoms with Gasteiger partial charge in [-0.25, -0.2) is 0 Å². The van der Waals surface area contributed by atoms with Crippen LogP contribution in [0.3, 0.4) is 0 Å². The molecule has 2 aliphatic rings. The molecule has 7 nitrogen and oxygen atoms in total. The van der Waals surface area contributed by atoms with Crippen molar-refractivity contribution in [2.75, 3.05) is 12.1 Å². The minimum absolute atomic E-state index is 0.112. The minimum atomic E-state index is -0.314. The van der Waals surface area contributed by atoms with Gasteiger partial charge in [-0.2, -0.15) is 0 Å². The molecule has 2 N–H and O–H groups in total. The second-order valence-corrected chi connectivity index (χ2v) is 7.22. The molecule has 0 radical (unpaired) electrons. The first-order valence-electron chi connectivity index (χ1n) is 9.50. The third kappa shape index (κ3) is 3.47. The molecule has 1 saturated carbocycles. The third-order valence-electron chi connectivity index (χ3n) is 5.26. The molecule has 146 valence electrons. The largest absolute Gasteiger partial charge is 0.454 e. The number of carbonyl (C=O) groups excluding carboxylic acids is 2. The maximum Gasteiger partial charge on any atom is 0.231 e. The Kier molecular flexibility index (Phi) is 4.27. The van der Waals surface area contributed by atoms with Gasteiger partial charge in [0.15, 0.2) is 11.5 Å². The van der Waals surface area contributed by atoms with E-state index in [1.807, 2.05) is 48.5 Å². The van der Waals surface area contributed by atoms with Crippen molar-refractivity contribution < 1.29 is 19.1 Å². The third-order valence-corrected chi connectivity index (χ3v) is 5.26. The smallest absolute Gasteiger partial charge is 0.231 e. The number of aromatic nitrogens is 1. The SMILES string of the molecule is O=C(NCc1ccc2c(c1)OCO2)C1CC1C(=O)Nc1cccc2cccnc12. The summed E-state index contributed by atoms with van der Waals surface area (Å²) in [4.78, 5) is 29.4. The number of para-hydroxylation sites is 1. The number of carbonyl (C=O) groups is 2. The summed E-state index contributed by atoms with van der Waals surface area (Å²) < 4.78 is 10.6. The topological polar surface area (TPSA) is 89.5 Å². The monoisotopic (exact) mass is 389 g/mol. The maximum atomic E-state index is 12.6. The number of amides is 2. The highest BCUT2D eigenvalue weighted by atomic mass is 16.7. The molecule has 2 atom stereocenters. The van der Waals surface area contributed by atoms with Crippen molar-refractivity contribution >= 4 is 28.4 Å². The van der Waals surface area contributed by atoms with E-state index >= 15 is 0 Å². The van der Waals surface area contributed by atoms with Crippen LogP contribution >= 0.6 is 0 Å². The second kappa shape index (κ2) is 7.09. The average molecular weight is 389 g/mol. The number of anilines is 1. The molecule has 0 bridgehead atoms. The number of ether oxygens (including phenoxy) is 2. The highest BCUT2D eigenvalue weighted by molar-refractivity contribution is 6.04. The lowest BCUT2D eigenvalue weighted by Gasteiger charge is -2.08. The van der Waals surface area contributed by atoms with Crippen LogP contribution in [0.15, 0.2) is 54.7 Å². The Hall–Kier alpha value is -3.61.